The maximum atomic E-state index is 13.9. The van der Waals surface area contributed by atoms with Crippen molar-refractivity contribution in [3.63, 3.8) is 0 Å². The number of aromatic nitrogens is 3. The number of allylic oxidation sites excluding steroid dienone is 1. The van der Waals surface area contributed by atoms with Crippen LogP contribution in [0.2, 0.25) is 0 Å². The number of carbonyl (C=O) groups is 1. The first-order valence-corrected chi connectivity index (χ1v) is 14.2. The lowest BCUT2D eigenvalue weighted by molar-refractivity contribution is -0.143. The lowest BCUT2D eigenvalue weighted by Crippen LogP contribution is -2.40. The Morgan fingerprint density at radius 3 is 2.42 bits per heavy atom. The van der Waals surface area contributed by atoms with Crippen LogP contribution in [0.15, 0.2) is 73.2 Å². The molecule has 0 unspecified atom stereocenters. The monoisotopic (exact) mass is 548 g/mol. The normalized spacial score (nSPS) is 15.8. The number of aryl methyl sites for hydroxylation is 2. The van der Waals surface area contributed by atoms with E-state index in [2.05, 4.69) is 4.99 Å². The smallest absolute Gasteiger partial charge is 0.338 e. The zero-order valence-electron chi connectivity index (χ0n) is 22.0. The quantitative estimate of drug-likeness (QED) is 0.283. The van der Waals surface area contributed by atoms with Gasteiger partial charge in [0.1, 0.15) is 0 Å². The standard InChI is InChI=1S/C28H28N4O4S2/c1-15(2)36-26(34)23-16(3)29-27-32(24(23)18-8-10-19(37-6)11-9-18)25(33)22(38-27)14-17-7-12-20-21(13-17)31(5)28(35)30(20)4/h7-15,24H,1-6H3/b22-14+/t24-/m1/s1. The maximum absolute atomic E-state index is 13.9. The van der Waals surface area contributed by atoms with Crippen molar-refractivity contribution in [1.82, 2.24) is 13.7 Å². The van der Waals surface area contributed by atoms with Crippen molar-refractivity contribution in [3.05, 3.63) is 95.0 Å². The van der Waals surface area contributed by atoms with E-state index in [4.69, 9.17) is 4.74 Å². The van der Waals surface area contributed by atoms with Crippen molar-refractivity contribution in [3.8, 4) is 0 Å². The zero-order chi connectivity index (χ0) is 27.3. The first-order valence-electron chi connectivity index (χ1n) is 12.1. The molecule has 8 nitrogen and oxygen atoms in total. The lowest BCUT2D eigenvalue weighted by atomic mass is 9.96. The number of thioether (sulfide) groups is 1. The third-order valence-corrected chi connectivity index (χ3v) is 8.34. The summed E-state index contributed by atoms with van der Waals surface area (Å²) in [7, 11) is 3.46. The van der Waals surface area contributed by atoms with E-state index in [1.807, 2.05) is 48.7 Å². The highest BCUT2D eigenvalue weighted by Crippen LogP contribution is 2.32. The van der Waals surface area contributed by atoms with Crippen molar-refractivity contribution in [1.29, 1.82) is 0 Å². The van der Waals surface area contributed by atoms with E-state index in [1.54, 1.807) is 66.4 Å². The minimum Gasteiger partial charge on any atom is -0.459 e. The fraction of sp³-hybridized carbons (Fsp3) is 0.286. The number of rotatable bonds is 5. The molecule has 0 fully saturated rings. The van der Waals surface area contributed by atoms with Crippen LogP contribution in [-0.4, -0.2) is 32.0 Å². The number of benzene rings is 2. The van der Waals surface area contributed by atoms with Gasteiger partial charge in [0, 0.05) is 19.0 Å². The Bertz CT molecular complexity index is 1850. The molecule has 5 rings (SSSR count). The van der Waals surface area contributed by atoms with Crippen molar-refractivity contribution in [2.24, 2.45) is 19.1 Å². The van der Waals surface area contributed by atoms with Gasteiger partial charge in [0.2, 0.25) is 0 Å². The fourth-order valence-electron chi connectivity index (χ4n) is 4.73. The average Bonchev–Trinajstić information content (AvgIpc) is 3.30. The first-order chi connectivity index (χ1) is 18.1. The molecule has 3 heterocycles. The van der Waals surface area contributed by atoms with Crippen LogP contribution in [0.1, 0.15) is 37.9 Å². The van der Waals surface area contributed by atoms with Crippen molar-refractivity contribution < 1.29 is 9.53 Å². The Hall–Kier alpha value is -3.63. The van der Waals surface area contributed by atoms with E-state index < -0.39 is 12.0 Å². The second kappa shape index (κ2) is 9.92. The van der Waals surface area contributed by atoms with Gasteiger partial charge in [-0.1, -0.05) is 29.5 Å². The van der Waals surface area contributed by atoms with Crippen LogP contribution in [0.25, 0.3) is 17.1 Å². The zero-order valence-corrected chi connectivity index (χ0v) is 23.6. The van der Waals surface area contributed by atoms with E-state index in [9.17, 15) is 14.4 Å². The van der Waals surface area contributed by atoms with Crippen molar-refractivity contribution >= 4 is 46.2 Å². The summed E-state index contributed by atoms with van der Waals surface area (Å²) in [6.45, 7) is 5.37. The van der Waals surface area contributed by atoms with Gasteiger partial charge < -0.3 is 4.74 Å². The predicted octanol–water partition coefficient (Wildman–Crippen LogP) is 3.10. The number of nitrogens with zero attached hydrogens (tertiary/aromatic N) is 4. The third-order valence-electron chi connectivity index (χ3n) is 6.61. The third kappa shape index (κ3) is 4.37. The molecule has 0 spiro atoms. The first kappa shape index (κ1) is 26.0. The molecule has 1 aliphatic rings. The van der Waals surface area contributed by atoms with E-state index in [1.165, 1.54) is 11.3 Å². The molecule has 2 aromatic heterocycles. The summed E-state index contributed by atoms with van der Waals surface area (Å²) < 4.78 is 10.8. The number of fused-ring (bicyclic) bond motifs is 2. The van der Waals surface area contributed by atoms with Gasteiger partial charge in [-0.15, -0.1) is 11.8 Å². The molecule has 1 atom stereocenters. The summed E-state index contributed by atoms with van der Waals surface area (Å²) in [4.78, 5) is 45.7. The molecule has 4 aromatic rings. The van der Waals surface area contributed by atoms with Crippen LogP contribution in [0.5, 0.6) is 0 Å². The number of ether oxygens (including phenoxy) is 1. The van der Waals surface area contributed by atoms with E-state index in [0.717, 1.165) is 27.1 Å². The summed E-state index contributed by atoms with van der Waals surface area (Å²) in [5.41, 5.74) is 3.73. The minimum atomic E-state index is -0.659. The lowest BCUT2D eigenvalue weighted by Gasteiger charge is -2.25. The number of hydrogen-bond acceptors (Lipinski definition) is 7. The van der Waals surface area contributed by atoms with Gasteiger partial charge in [0.15, 0.2) is 4.80 Å². The second-order valence-corrected chi connectivity index (χ2v) is 11.3. The van der Waals surface area contributed by atoms with Crippen LogP contribution in [0.4, 0.5) is 0 Å². The Labute approximate surface area is 227 Å². The molecular formula is C28H28N4O4S2. The minimum absolute atomic E-state index is 0.111. The molecule has 0 saturated heterocycles. The van der Waals surface area contributed by atoms with E-state index in [0.29, 0.717) is 20.6 Å². The Morgan fingerprint density at radius 1 is 1.08 bits per heavy atom. The molecule has 10 heteroatoms. The summed E-state index contributed by atoms with van der Waals surface area (Å²) >= 11 is 2.90. The fourth-order valence-corrected chi connectivity index (χ4v) is 6.18. The Balaban J connectivity index is 1.70. The molecule has 0 N–H and O–H groups in total. The van der Waals surface area contributed by atoms with Crippen molar-refractivity contribution in [2.75, 3.05) is 6.26 Å². The topological polar surface area (TPSA) is 87.6 Å². The summed E-state index contributed by atoms with van der Waals surface area (Å²) in [5, 5.41) is 0. The average molecular weight is 549 g/mol. The Kier molecular flexibility index (Phi) is 6.79. The Morgan fingerprint density at radius 2 is 1.76 bits per heavy atom. The van der Waals surface area contributed by atoms with Gasteiger partial charge in [-0.05, 0) is 68.5 Å². The molecule has 0 amide bonds. The molecule has 38 heavy (non-hydrogen) atoms. The van der Waals surface area contributed by atoms with Crippen LogP contribution in [0, 0.1) is 0 Å². The van der Waals surface area contributed by atoms with Gasteiger partial charge in [0.25, 0.3) is 5.56 Å². The molecule has 0 aliphatic carbocycles. The van der Waals surface area contributed by atoms with Gasteiger partial charge in [-0.3, -0.25) is 18.5 Å². The molecule has 196 valence electrons. The molecule has 0 bridgehead atoms. The van der Waals surface area contributed by atoms with Crippen LogP contribution in [-0.2, 0) is 23.6 Å². The number of thiazole rings is 1. The predicted molar refractivity (Wildman–Crippen MR) is 151 cm³/mol. The van der Waals surface area contributed by atoms with Gasteiger partial charge in [-0.2, -0.15) is 0 Å². The number of esters is 1. The molecule has 0 radical (unpaired) electrons. The SMILES string of the molecule is CSc1ccc([C@@H]2C(C(=O)OC(C)C)=C(C)N=c3s/c(=C/c4ccc5c(c4)n(C)c(=O)n5C)c(=O)n32)cc1. The summed E-state index contributed by atoms with van der Waals surface area (Å²) in [6.07, 6.45) is 3.49. The van der Waals surface area contributed by atoms with Crippen LogP contribution < -0.4 is 20.6 Å². The highest BCUT2D eigenvalue weighted by Gasteiger charge is 2.33. The number of hydrogen-bond donors (Lipinski definition) is 0. The van der Waals surface area contributed by atoms with Gasteiger partial charge in [-0.25, -0.2) is 14.6 Å². The molecule has 0 saturated carbocycles. The summed E-state index contributed by atoms with van der Waals surface area (Å²) in [5.74, 6) is -0.482. The number of imidazole rings is 1. The molecule has 1 aliphatic heterocycles. The highest BCUT2D eigenvalue weighted by atomic mass is 32.2. The van der Waals surface area contributed by atoms with Gasteiger partial charge >= 0.3 is 11.7 Å². The largest absolute Gasteiger partial charge is 0.459 e. The van der Waals surface area contributed by atoms with Crippen LogP contribution in [0.3, 0.4) is 0 Å². The number of carbonyl (C=O) groups excluding carboxylic acids is 1. The van der Waals surface area contributed by atoms with E-state index in [-0.39, 0.29) is 17.4 Å². The van der Waals surface area contributed by atoms with E-state index >= 15 is 0 Å². The molecule has 2 aromatic carbocycles. The highest BCUT2D eigenvalue weighted by molar-refractivity contribution is 7.98. The van der Waals surface area contributed by atoms with Crippen molar-refractivity contribution in [2.45, 2.75) is 37.8 Å². The summed E-state index contributed by atoms with van der Waals surface area (Å²) in [6, 6.07) is 12.8. The van der Waals surface area contributed by atoms with Crippen LogP contribution >= 0.6 is 23.1 Å². The molecular weight excluding hydrogens is 520 g/mol. The van der Waals surface area contributed by atoms with Gasteiger partial charge in [0.05, 0.1) is 39.0 Å². The second-order valence-electron chi connectivity index (χ2n) is 9.46. The maximum Gasteiger partial charge on any atom is 0.338 e.